The maximum Gasteiger partial charge on any atom is -0.00852 e. The lowest BCUT2D eigenvalue weighted by atomic mass is 9.92. The first-order valence-electron chi connectivity index (χ1n) is 4.99. The lowest BCUT2D eigenvalue weighted by Crippen LogP contribution is -1.97. The van der Waals surface area contributed by atoms with Gasteiger partial charge in [-0.1, -0.05) is 38.1 Å². The quantitative estimate of drug-likeness (QED) is 0.606. The molecule has 0 radical (unpaired) electrons. The fourth-order valence-corrected chi connectivity index (χ4v) is 2.09. The van der Waals surface area contributed by atoms with Crippen LogP contribution in [0, 0.1) is 6.92 Å². The van der Waals surface area contributed by atoms with Gasteiger partial charge in [0.25, 0.3) is 0 Å². The van der Waals surface area contributed by atoms with Crippen LogP contribution in [0.15, 0.2) is 18.2 Å². The number of aryl methyl sites for hydroxylation is 1. The van der Waals surface area contributed by atoms with Gasteiger partial charge in [0.2, 0.25) is 0 Å². The summed E-state index contributed by atoms with van der Waals surface area (Å²) >= 11 is 0. The summed E-state index contributed by atoms with van der Waals surface area (Å²) in [5.74, 6) is 0.647. The summed E-state index contributed by atoms with van der Waals surface area (Å²) < 4.78 is 0. The van der Waals surface area contributed by atoms with Crippen molar-refractivity contribution in [2.24, 2.45) is 0 Å². The zero-order valence-electron chi connectivity index (χ0n) is 8.59. The zero-order chi connectivity index (χ0) is 9.42. The molecule has 0 heterocycles. The predicted octanol–water partition coefficient (Wildman–Crippen LogP) is 3.69. The first kappa shape index (κ1) is 8.55. The van der Waals surface area contributed by atoms with E-state index in [1.165, 1.54) is 16.7 Å². The first-order valence-corrected chi connectivity index (χ1v) is 4.99. The van der Waals surface area contributed by atoms with E-state index in [1.54, 1.807) is 5.56 Å². The molecule has 0 amide bonds. The molecule has 0 atom stereocenters. The lowest BCUT2D eigenvalue weighted by Gasteiger charge is -2.13. The van der Waals surface area contributed by atoms with Gasteiger partial charge in [0, 0.05) is 0 Å². The average Bonchev–Trinajstić information content (AvgIpc) is 2.53. The van der Waals surface area contributed by atoms with E-state index in [-0.39, 0.29) is 0 Å². The molecule has 0 aliphatic heterocycles. The summed E-state index contributed by atoms with van der Waals surface area (Å²) in [7, 11) is 0. The SMILES string of the molecule is Cc1ccc(C(C)C)c2c1C=CC2. The number of fused-ring (bicyclic) bond motifs is 1. The van der Waals surface area contributed by atoms with E-state index in [9.17, 15) is 0 Å². The molecule has 0 unspecified atom stereocenters. The second-order valence-electron chi connectivity index (χ2n) is 4.13. The Balaban J connectivity index is 2.60. The molecule has 0 heteroatoms. The van der Waals surface area contributed by atoms with Gasteiger partial charge >= 0.3 is 0 Å². The molecular weight excluding hydrogens is 156 g/mol. The number of benzene rings is 1. The molecule has 0 aromatic heterocycles. The van der Waals surface area contributed by atoms with Gasteiger partial charge in [-0.2, -0.15) is 0 Å². The molecule has 13 heavy (non-hydrogen) atoms. The van der Waals surface area contributed by atoms with Crippen LogP contribution in [0.2, 0.25) is 0 Å². The van der Waals surface area contributed by atoms with Crippen LogP contribution in [0.4, 0.5) is 0 Å². The van der Waals surface area contributed by atoms with Gasteiger partial charge in [0.1, 0.15) is 0 Å². The highest BCUT2D eigenvalue weighted by Crippen LogP contribution is 2.30. The number of hydrogen-bond acceptors (Lipinski definition) is 0. The molecule has 2 rings (SSSR count). The van der Waals surface area contributed by atoms with E-state index < -0.39 is 0 Å². The van der Waals surface area contributed by atoms with Crippen molar-refractivity contribution < 1.29 is 0 Å². The van der Waals surface area contributed by atoms with E-state index in [0.29, 0.717) is 5.92 Å². The van der Waals surface area contributed by atoms with Crippen LogP contribution in [0.3, 0.4) is 0 Å². The molecule has 1 aliphatic rings. The highest BCUT2D eigenvalue weighted by atomic mass is 14.2. The van der Waals surface area contributed by atoms with Gasteiger partial charge in [-0.05, 0) is 41.5 Å². The molecule has 0 nitrogen and oxygen atoms in total. The van der Waals surface area contributed by atoms with E-state index in [2.05, 4.69) is 45.1 Å². The maximum atomic E-state index is 2.28. The van der Waals surface area contributed by atoms with Crippen molar-refractivity contribution >= 4 is 6.08 Å². The minimum atomic E-state index is 0.647. The number of rotatable bonds is 1. The fourth-order valence-electron chi connectivity index (χ4n) is 2.09. The topological polar surface area (TPSA) is 0 Å². The van der Waals surface area contributed by atoms with Crippen LogP contribution in [0.25, 0.3) is 6.08 Å². The standard InChI is InChI=1S/C13H16/c1-9(2)11-8-7-10(3)12-5-4-6-13(11)12/h4-5,7-9H,6H2,1-3H3. The number of allylic oxidation sites excluding steroid dienone is 1. The van der Waals surface area contributed by atoms with Crippen molar-refractivity contribution in [1.29, 1.82) is 0 Å². The second-order valence-corrected chi connectivity index (χ2v) is 4.13. The van der Waals surface area contributed by atoms with Gasteiger partial charge in [-0.25, -0.2) is 0 Å². The molecule has 0 bridgehead atoms. The van der Waals surface area contributed by atoms with Gasteiger partial charge in [0.15, 0.2) is 0 Å². The minimum Gasteiger partial charge on any atom is -0.0795 e. The molecular formula is C13H16. The average molecular weight is 172 g/mol. The first-order chi connectivity index (χ1) is 6.20. The van der Waals surface area contributed by atoms with Crippen LogP contribution in [0.1, 0.15) is 42.0 Å². The molecule has 1 aliphatic carbocycles. The number of hydrogen-bond donors (Lipinski definition) is 0. The third-order valence-corrected chi connectivity index (χ3v) is 2.84. The van der Waals surface area contributed by atoms with Gasteiger partial charge < -0.3 is 0 Å². The molecule has 68 valence electrons. The molecule has 1 aromatic rings. The van der Waals surface area contributed by atoms with Crippen molar-refractivity contribution in [2.75, 3.05) is 0 Å². The van der Waals surface area contributed by atoms with Crippen LogP contribution in [-0.4, -0.2) is 0 Å². The Morgan fingerprint density at radius 3 is 2.69 bits per heavy atom. The Labute approximate surface area is 80.3 Å². The molecule has 0 spiro atoms. The summed E-state index contributed by atoms with van der Waals surface area (Å²) in [5.41, 5.74) is 5.94. The highest BCUT2D eigenvalue weighted by Gasteiger charge is 2.13. The van der Waals surface area contributed by atoms with Crippen LogP contribution in [0.5, 0.6) is 0 Å². The van der Waals surface area contributed by atoms with E-state index >= 15 is 0 Å². The Bertz CT molecular complexity index is 357. The van der Waals surface area contributed by atoms with Crippen LogP contribution in [-0.2, 0) is 6.42 Å². The smallest absolute Gasteiger partial charge is 0.00852 e. The lowest BCUT2D eigenvalue weighted by molar-refractivity contribution is 0.850. The highest BCUT2D eigenvalue weighted by molar-refractivity contribution is 5.65. The largest absolute Gasteiger partial charge is 0.0795 e. The Morgan fingerprint density at radius 2 is 2.00 bits per heavy atom. The van der Waals surface area contributed by atoms with Gasteiger partial charge in [-0.3, -0.25) is 0 Å². The van der Waals surface area contributed by atoms with Crippen molar-refractivity contribution in [3.63, 3.8) is 0 Å². The monoisotopic (exact) mass is 172 g/mol. The fraction of sp³-hybridized carbons (Fsp3) is 0.385. The van der Waals surface area contributed by atoms with Gasteiger partial charge in [0.05, 0.1) is 0 Å². The minimum absolute atomic E-state index is 0.647. The van der Waals surface area contributed by atoms with Crippen LogP contribution < -0.4 is 0 Å². The molecule has 0 saturated carbocycles. The third-order valence-electron chi connectivity index (χ3n) is 2.84. The summed E-state index contributed by atoms with van der Waals surface area (Å²) in [6, 6.07) is 4.52. The molecule has 1 aromatic carbocycles. The summed E-state index contributed by atoms with van der Waals surface area (Å²) in [6.07, 6.45) is 5.66. The molecule has 0 fully saturated rings. The zero-order valence-corrected chi connectivity index (χ0v) is 8.59. The molecule has 0 saturated heterocycles. The third kappa shape index (κ3) is 1.31. The summed E-state index contributed by atoms with van der Waals surface area (Å²) in [5, 5.41) is 0. The Morgan fingerprint density at radius 1 is 1.23 bits per heavy atom. The van der Waals surface area contributed by atoms with Crippen molar-refractivity contribution in [3.05, 3.63) is 40.5 Å². The normalized spacial score (nSPS) is 13.8. The van der Waals surface area contributed by atoms with Crippen molar-refractivity contribution in [1.82, 2.24) is 0 Å². The van der Waals surface area contributed by atoms with E-state index in [0.717, 1.165) is 6.42 Å². The Kier molecular flexibility index (Phi) is 1.99. The van der Waals surface area contributed by atoms with E-state index in [1.807, 2.05) is 0 Å². The van der Waals surface area contributed by atoms with E-state index in [4.69, 9.17) is 0 Å². The maximum absolute atomic E-state index is 2.28. The van der Waals surface area contributed by atoms with Crippen molar-refractivity contribution in [3.8, 4) is 0 Å². The summed E-state index contributed by atoms with van der Waals surface area (Å²) in [6.45, 7) is 6.73. The second kappa shape index (κ2) is 3.02. The van der Waals surface area contributed by atoms with Gasteiger partial charge in [-0.15, -0.1) is 0 Å². The van der Waals surface area contributed by atoms with Crippen LogP contribution >= 0.6 is 0 Å². The Hall–Kier alpha value is -1.04. The molecule has 0 N–H and O–H groups in total. The summed E-state index contributed by atoms with van der Waals surface area (Å²) in [4.78, 5) is 0. The van der Waals surface area contributed by atoms with Crippen molar-refractivity contribution in [2.45, 2.75) is 33.1 Å². The predicted molar refractivity (Wildman–Crippen MR) is 58.0 cm³/mol.